The van der Waals surface area contributed by atoms with Crippen LogP contribution in [-0.2, 0) is 29.3 Å². The molecule has 0 saturated carbocycles. The van der Waals surface area contributed by atoms with Crippen molar-refractivity contribution in [3.63, 3.8) is 0 Å². The fourth-order valence-electron chi connectivity index (χ4n) is 0.438. The summed E-state index contributed by atoms with van der Waals surface area (Å²) in [6.45, 7) is 6.19. The summed E-state index contributed by atoms with van der Waals surface area (Å²) >= 11 is 2.00. The Balaban J connectivity index is 0. The minimum atomic E-state index is -0.185. The van der Waals surface area contributed by atoms with Crippen LogP contribution < -0.4 is 0 Å². The van der Waals surface area contributed by atoms with Crippen LogP contribution in [0.2, 0.25) is 0 Å². The first kappa shape index (κ1) is 13.4. The number of carbonyl (C=O) groups excluding carboxylic acids is 1. The van der Waals surface area contributed by atoms with Gasteiger partial charge in [0.2, 0.25) is 0 Å². The zero-order valence-corrected chi connectivity index (χ0v) is 8.17. The summed E-state index contributed by atoms with van der Waals surface area (Å²) in [6, 6.07) is 0. The number of hydrogen-bond acceptors (Lipinski definition) is 3. The molecule has 0 aliphatic heterocycles. The Hall–Kier alpha value is -0.211. The van der Waals surface area contributed by atoms with Crippen LogP contribution >= 0.6 is 0 Å². The summed E-state index contributed by atoms with van der Waals surface area (Å²) in [6.07, 6.45) is 0.958. The normalized spacial score (nSPS) is 8.45. The SMILES string of the molecule is CC(=O)OCCC(C)C.[O]=[Fe]. The fourth-order valence-corrected chi connectivity index (χ4v) is 0.438. The van der Waals surface area contributed by atoms with Crippen LogP contribution in [0.5, 0.6) is 0 Å². The van der Waals surface area contributed by atoms with Crippen molar-refractivity contribution in [2.45, 2.75) is 27.2 Å². The molecule has 0 fully saturated rings. The van der Waals surface area contributed by atoms with E-state index in [9.17, 15) is 4.79 Å². The van der Waals surface area contributed by atoms with Gasteiger partial charge in [-0.25, -0.2) is 0 Å². The quantitative estimate of drug-likeness (QED) is 0.514. The average molecular weight is 202 g/mol. The molecule has 0 bridgehead atoms. The van der Waals surface area contributed by atoms with Crippen LogP contribution in [0.25, 0.3) is 0 Å². The molecule has 68 valence electrons. The van der Waals surface area contributed by atoms with Crippen molar-refractivity contribution in [2.75, 3.05) is 6.61 Å². The molecular weight excluding hydrogens is 188 g/mol. The Morgan fingerprint density at radius 2 is 1.91 bits per heavy atom. The molecule has 4 heteroatoms. The number of carbonyl (C=O) groups is 1. The van der Waals surface area contributed by atoms with E-state index in [0.29, 0.717) is 12.5 Å². The van der Waals surface area contributed by atoms with Crippen molar-refractivity contribution < 1.29 is 29.3 Å². The van der Waals surface area contributed by atoms with Crippen LogP contribution in [0, 0.1) is 5.92 Å². The molecule has 0 aliphatic rings. The van der Waals surface area contributed by atoms with Gasteiger partial charge in [0.25, 0.3) is 0 Å². The Bertz CT molecular complexity index is 104. The Morgan fingerprint density at radius 1 is 1.45 bits per heavy atom. The van der Waals surface area contributed by atoms with Gasteiger partial charge in [0, 0.05) is 6.92 Å². The first-order chi connectivity index (χ1) is 5.13. The summed E-state index contributed by atoms with van der Waals surface area (Å²) in [5.41, 5.74) is 0. The third-order valence-corrected chi connectivity index (χ3v) is 1.00. The van der Waals surface area contributed by atoms with Crippen LogP contribution in [0.1, 0.15) is 27.2 Å². The van der Waals surface area contributed by atoms with Crippen LogP contribution in [-0.4, -0.2) is 12.6 Å². The molecule has 0 spiro atoms. The van der Waals surface area contributed by atoms with E-state index in [2.05, 4.69) is 13.8 Å². The van der Waals surface area contributed by atoms with E-state index in [1.54, 1.807) is 0 Å². The van der Waals surface area contributed by atoms with Gasteiger partial charge in [-0.15, -0.1) is 0 Å². The monoisotopic (exact) mass is 202 g/mol. The van der Waals surface area contributed by atoms with Crippen LogP contribution in [0.3, 0.4) is 0 Å². The van der Waals surface area contributed by atoms with E-state index < -0.39 is 0 Å². The number of hydrogen-bond donors (Lipinski definition) is 0. The van der Waals surface area contributed by atoms with Gasteiger partial charge in [-0.05, 0) is 12.3 Å². The van der Waals surface area contributed by atoms with E-state index in [4.69, 9.17) is 8.57 Å². The first-order valence-electron chi connectivity index (χ1n) is 3.40. The molecule has 0 rings (SSSR count). The number of rotatable bonds is 3. The van der Waals surface area contributed by atoms with E-state index in [1.165, 1.54) is 6.92 Å². The van der Waals surface area contributed by atoms with Crippen molar-refractivity contribution in [2.24, 2.45) is 5.92 Å². The van der Waals surface area contributed by atoms with Crippen molar-refractivity contribution >= 4 is 5.97 Å². The Morgan fingerprint density at radius 3 is 2.18 bits per heavy atom. The molecule has 0 amide bonds. The molecule has 0 heterocycles. The summed E-state index contributed by atoms with van der Waals surface area (Å²) in [5, 5.41) is 0. The zero-order chi connectivity index (χ0) is 9.28. The van der Waals surface area contributed by atoms with Crippen LogP contribution in [0.15, 0.2) is 0 Å². The van der Waals surface area contributed by atoms with Gasteiger partial charge < -0.3 is 4.74 Å². The van der Waals surface area contributed by atoms with Crippen molar-refractivity contribution in [3.05, 3.63) is 0 Å². The van der Waals surface area contributed by atoms with Gasteiger partial charge in [0.05, 0.1) is 6.61 Å². The third kappa shape index (κ3) is 17.7. The van der Waals surface area contributed by atoms with E-state index in [1.807, 2.05) is 15.9 Å². The van der Waals surface area contributed by atoms with E-state index >= 15 is 0 Å². The molecule has 0 radical (unpaired) electrons. The molecular formula is C7H14FeO3. The van der Waals surface area contributed by atoms with Crippen LogP contribution in [0.4, 0.5) is 0 Å². The number of ether oxygens (including phenoxy) is 1. The Labute approximate surface area is 75.5 Å². The molecule has 0 saturated heterocycles. The molecule has 0 aromatic carbocycles. The topological polar surface area (TPSA) is 43.4 Å². The van der Waals surface area contributed by atoms with Gasteiger partial charge in [-0.3, -0.25) is 4.79 Å². The standard InChI is InChI=1S/C7H14O2.Fe.O/c1-6(2)4-5-9-7(3)8;;/h6H,4-5H2,1-3H3;;. The molecule has 0 atom stereocenters. The molecule has 0 aliphatic carbocycles. The fraction of sp³-hybridized carbons (Fsp3) is 0.857. The summed E-state index contributed by atoms with van der Waals surface area (Å²) < 4.78 is 12.7. The van der Waals surface area contributed by atoms with Crippen molar-refractivity contribution in [1.29, 1.82) is 0 Å². The van der Waals surface area contributed by atoms with E-state index in [0.717, 1.165) is 6.42 Å². The van der Waals surface area contributed by atoms with Crippen molar-refractivity contribution in [3.8, 4) is 0 Å². The average Bonchev–Trinajstić information content (AvgIpc) is 1.90. The molecule has 3 nitrogen and oxygen atoms in total. The molecule has 0 N–H and O–H groups in total. The van der Waals surface area contributed by atoms with Gasteiger partial charge in [0.1, 0.15) is 0 Å². The second kappa shape index (κ2) is 9.79. The summed E-state index contributed by atoms with van der Waals surface area (Å²) in [4.78, 5) is 10.2. The summed E-state index contributed by atoms with van der Waals surface area (Å²) in [7, 11) is 0. The molecule has 0 aromatic heterocycles. The first-order valence-corrected chi connectivity index (χ1v) is 3.85. The van der Waals surface area contributed by atoms with Crippen molar-refractivity contribution in [1.82, 2.24) is 0 Å². The maximum atomic E-state index is 10.2. The predicted molar refractivity (Wildman–Crippen MR) is 36.8 cm³/mol. The number of esters is 1. The molecule has 0 aromatic rings. The van der Waals surface area contributed by atoms with Gasteiger partial charge in [-0.2, -0.15) is 0 Å². The maximum absolute atomic E-state index is 10.2. The second-order valence-electron chi connectivity index (χ2n) is 2.52. The molecule has 11 heavy (non-hydrogen) atoms. The van der Waals surface area contributed by atoms with E-state index in [-0.39, 0.29) is 5.97 Å². The third-order valence-electron chi connectivity index (χ3n) is 1.00. The second-order valence-corrected chi connectivity index (χ2v) is 2.52. The Kier molecular flexibility index (Phi) is 11.9. The minimum absolute atomic E-state index is 0.185. The molecule has 0 unspecified atom stereocenters. The van der Waals surface area contributed by atoms with Gasteiger partial charge in [-0.1, -0.05) is 13.8 Å². The van der Waals surface area contributed by atoms with Gasteiger partial charge in [0.15, 0.2) is 0 Å². The predicted octanol–water partition coefficient (Wildman–Crippen LogP) is 1.47. The zero-order valence-electron chi connectivity index (χ0n) is 7.07. The van der Waals surface area contributed by atoms with Gasteiger partial charge >= 0.3 is 25.7 Å². The summed E-state index contributed by atoms with van der Waals surface area (Å²) in [5.74, 6) is 0.431.